The predicted molar refractivity (Wildman–Crippen MR) is 170 cm³/mol. The number of methoxy groups -OCH3 is 2. The van der Waals surface area contributed by atoms with E-state index >= 15 is 0 Å². The molecule has 1 aliphatic rings. The maximum atomic E-state index is 13.7. The van der Waals surface area contributed by atoms with Crippen LogP contribution in [0.2, 0.25) is 0 Å². The van der Waals surface area contributed by atoms with Crippen molar-refractivity contribution >= 4 is 43.8 Å². The summed E-state index contributed by atoms with van der Waals surface area (Å²) in [7, 11) is 3.19. The van der Waals surface area contributed by atoms with Crippen molar-refractivity contribution < 1.29 is 14.2 Å². The number of aromatic nitrogens is 2. The van der Waals surface area contributed by atoms with Crippen molar-refractivity contribution in [1.29, 1.82) is 0 Å². The summed E-state index contributed by atoms with van der Waals surface area (Å²) in [5.74, 6) is 2.42. The normalized spacial score (nSPS) is 14.1. The number of benzene rings is 4. The van der Waals surface area contributed by atoms with Crippen LogP contribution in [0.5, 0.6) is 17.2 Å². The summed E-state index contributed by atoms with van der Waals surface area (Å²) < 4.78 is 20.0. The first-order chi connectivity index (χ1) is 20.6. The summed E-state index contributed by atoms with van der Waals surface area (Å²) in [4.78, 5) is 18.6. The molecule has 0 radical (unpaired) electrons. The van der Waals surface area contributed by atoms with E-state index in [4.69, 9.17) is 19.2 Å². The van der Waals surface area contributed by atoms with E-state index in [-0.39, 0.29) is 11.5 Å². The van der Waals surface area contributed by atoms with Gasteiger partial charge in [0, 0.05) is 16.0 Å². The highest BCUT2D eigenvalue weighted by molar-refractivity contribution is 9.10. The molecule has 214 valence electrons. The molecule has 1 heterocycles. The van der Waals surface area contributed by atoms with Gasteiger partial charge in [-0.1, -0.05) is 77.7 Å². The van der Waals surface area contributed by atoms with E-state index in [9.17, 15) is 4.79 Å². The Morgan fingerprint density at radius 2 is 1.67 bits per heavy atom. The molecule has 1 saturated carbocycles. The number of hydrogen-bond donors (Lipinski definition) is 0. The molecule has 1 fully saturated rings. The molecule has 6 rings (SSSR count). The van der Waals surface area contributed by atoms with Gasteiger partial charge in [0.25, 0.3) is 5.56 Å². The summed E-state index contributed by atoms with van der Waals surface area (Å²) in [5.41, 5.74) is 2.27. The molecule has 7 nitrogen and oxygen atoms in total. The summed E-state index contributed by atoms with van der Waals surface area (Å²) >= 11 is 3.49. The van der Waals surface area contributed by atoms with Crippen LogP contribution in [0.4, 0.5) is 0 Å². The first kappa shape index (κ1) is 28.0. The topological polar surface area (TPSA) is 74.9 Å². The lowest BCUT2D eigenvalue weighted by molar-refractivity contribution is 0.267. The van der Waals surface area contributed by atoms with Crippen LogP contribution in [0.1, 0.15) is 55.0 Å². The minimum atomic E-state index is -0.188. The third-order valence-electron chi connectivity index (χ3n) is 7.86. The first-order valence-electron chi connectivity index (χ1n) is 14.2. The average Bonchev–Trinajstić information content (AvgIpc) is 3.03. The van der Waals surface area contributed by atoms with Gasteiger partial charge in [-0.2, -0.15) is 9.78 Å². The van der Waals surface area contributed by atoms with Gasteiger partial charge >= 0.3 is 0 Å². The van der Waals surface area contributed by atoms with Gasteiger partial charge in [0.05, 0.1) is 31.3 Å². The molecule has 0 spiro atoms. The van der Waals surface area contributed by atoms with E-state index < -0.39 is 0 Å². The smallest absolute Gasteiger partial charge is 0.282 e. The number of rotatable bonds is 8. The Morgan fingerprint density at radius 1 is 0.929 bits per heavy atom. The molecule has 42 heavy (non-hydrogen) atoms. The highest BCUT2D eigenvalue weighted by atomic mass is 79.9. The van der Waals surface area contributed by atoms with Gasteiger partial charge < -0.3 is 14.2 Å². The molecular weight excluding hydrogens is 594 g/mol. The number of nitrogens with zero attached hydrogens (tertiary/aromatic N) is 3. The van der Waals surface area contributed by atoms with Gasteiger partial charge in [-0.15, -0.1) is 0 Å². The van der Waals surface area contributed by atoms with Crippen LogP contribution in [0.15, 0.2) is 87.2 Å². The van der Waals surface area contributed by atoms with Gasteiger partial charge in [0.15, 0.2) is 11.5 Å². The molecule has 0 N–H and O–H groups in total. The monoisotopic (exact) mass is 625 g/mol. The Kier molecular flexibility index (Phi) is 8.24. The first-order valence-corrected chi connectivity index (χ1v) is 15.0. The molecule has 1 aliphatic carbocycles. The Balaban J connectivity index is 1.36. The highest BCUT2D eigenvalue weighted by Gasteiger charge is 2.23. The molecule has 0 atom stereocenters. The van der Waals surface area contributed by atoms with Crippen molar-refractivity contribution in [2.45, 2.75) is 44.6 Å². The predicted octanol–water partition coefficient (Wildman–Crippen LogP) is 7.84. The van der Waals surface area contributed by atoms with Crippen LogP contribution in [0.25, 0.3) is 21.7 Å². The number of hydrogen-bond acceptors (Lipinski definition) is 6. The fourth-order valence-electron chi connectivity index (χ4n) is 5.71. The number of ether oxygens (including phenoxy) is 3. The Morgan fingerprint density at radius 3 is 2.43 bits per heavy atom. The largest absolute Gasteiger partial charge is 0.493 e. The van der Waals surface area contributed by atoms with E-state index in [2.05, 4.69) is 45.3 Å². The van der Waals surface area contributed by atoms with E-state index in [1.807, 2.05) is 42.5 Å². The minimum absolute atomic E-state index is 0.186. The molecule has 5 aromatic rings. The number of halogens is 1. The van der Waals surface area contributed by atoms with Crippen LogP contribution in [0.3, 0.4) is 0 Å². The molecule has 4 aromatic carbocycles. The molecule has 0 saturated heterocycles. The van der Waals surface area contributed by atoms with E-state index in [0.29, 0.717) is 46.1 Å². The molecule has 0 amide bonds. The van der Waals surface area contributed by atoms with Crippen molar-refractivity contribution in [2.75, 3.05) is 14.2 Å². The standard InChI is InChI=1S/C34H32BrN3O4/c1-40-30-17-22(18-31(41-2)32(30)42-21-25-13-8-12-23-9-6-7-14-27(23)25)20-36-38-33(24-10-4-3-5-11-24)37-29-16-15-26(35)19-28(29)34(38)39/h6-9,12-20,24H,3-5,10-11,21H2,1-2H3. The molecule has 0 bridgehead atoms. The zero-order valence-corrected chi connectivity index (χ0v) is 25.3. The zero-order valence-electron chi connectivity index (χ0n) is 23.7. The van der Waals surface area contributed by atoms with Gasteiger partial charge in [0.1, 0.15) is 12.4 Å². The van der Waals surface area contributed by atoms with Crippen LogP contribution in [-0.2, 0) is 6.61 Å². The van der Waals surface area contributed by atoms with Crippen molar-refractivity contribution in [1.82, 2.24) is 9.66 Å². The molecule has 1 aromatic heterocycles. The second-order valence-electron chi connectivity index (χ2n) is 10.5. The molecule has 0 aliphatic heterocycles. The minimum Gasteiger partial charge on any atom is -0.493 e. The summed E-state index contributed by atoms with van der Waals surface area (Å²) in [6.45, 7) is 0.347. The van der Waals surface area contributed by atoms with Crippen LogP contribution < -0.4 is 19.8 Å². The number of fused-ring (bicyclic) bond motifs is 2. The third kappa shape index (κ3) is 5.63. The van der Waals surface area contributed by atoms with Crippen LogP contribution >= 0.6 is 15.9 Å². The molecule has 8 heteroatoms. The molecule has 0 unspecified atom stereocenters. The Labute approximate surface area is 252 Å². The van der Waals surface area contributed by atoms with Crippen LogP contribution in [-0.4, -0.2) is 30.1 Å². The second-order valence-corrected chi connectivity index (χ2v) is 11.4. The average molecular weight is 627 g/mol. The lowest BCUT2D eigenvalue weighted by Gasteiger charge is -2.22. The fraction of sp³-hybridized carbons (Fsp3) is 0.265. The lowest BCUT2D eigenvalue weighted by atomic mass is 9.88. The zero-order chi connectivity index (χ0) is 29.1. The molecular formula is C34H32BrN3O4. The maximum Gasteiger partial charge on any atom is 0.282 e. The van der Waals surface area contributed by atoms with Gasteiger partial charge in [-0.25, -0.2) is 4.98 Å². The summed E-state index contributed by atoms with van der Waals surface area (Å²) in [6.07, 6.45) is 7.09. The third-order valence-corrected chi connectivity index (χ3v) is 8.35. The lowest BCUT2D eigenvalue weighted by Crippen LogP contribution is -2.25. The quantitative estimate of drug-likeness (QED) is 0.164. The Hall–Kier alpha value is -4.17. The van der Waals surface area contributed by atoms with Gasteiger partial charge in [0.2, 0.25) is 5.75 Å². The fourth-order valence-corrected chi connectivity index (χ4v) is 6.07. The van der Waals surface area contributed by atoms with Crippen molar-refractivity contribution in [3.05, 3.63) is 105 Å². The van der Waals surface area contributed by atoms with Crippen molar-refractivity contribution in [3.63, 3.8) is 0 Å². The van der Waals surface area contributed by atoms with Crippen LogP contribution in [0, 0.1) is 0 Å². The second kappa shape index (κ2) is 12.4. The SMILES string of the molecule is COc1cc(C=Nn2c(C3CCCCC3)nc3ccc(Br)cc3c2=O)cc(OC)c1OCc1cccc2ccccc12. The Bertz CT molecular complexity index is 1810. The maximum absolute atomic E-state index is 13.7. The van der Waals surface area contributed by atoms with E-state index in [1.165, 1.54) is 11.1 Å². The highest BCUT2D eigenvalue weighted by Crippen LogP contribution is 2.39. The van der Waals surface area contributed by atoms with Gasteiger partial charge in [-0.05, 0) is 59.5 Å². The van der Waals surface area contributed by atoms with Crippen molar-refractivity contribution in [3.8, 4) is 17.2 Å². The van der Waals surface area contributed by atoms with E-state index in [1.54, 1.807) is 26.5 Å². The van der Waals surface area contributed by atoms with Gasteiger partial charge in [-0.3, -0.25) is 4.79 Å². The van der Waals surface area contributed by atoms with E-state index in [0.717, 1.165) is 46.5 Å². The summed E-state index contributed by atoms with van der Waals surface area (Å²) in [6, 6.07) is 23.7. The van der Waals surface area contributed by atoms with Crippen molar-refractivity contribution in [2.24, 2.45) is 5.10 Å². The summed E-state index contributed by atoms with van der Waals surface area (Å²) in [5, 5.41) is 7.50.